The van der Waals surface area contributed by atoms with Gasteiger partial charge in [0.25, 0.3) is 0 Å². The Bertz CT molecular complexity index is 554. The molecule has 1 heterocycles. The number of rotatable bonds is 1. The molecule has 0 fully saturated rings. The van der Waals surface area contributed by atoms with Crippen molar-refractivity contribution in [2.45, 2.75) is 0 Å². The summed E-state index contributed by atoms with van der Waals surface area (Å²) in [7, 11) is 0. The van der Waals surface area contributed by atoms with Gasteiger partial charge in [0.15, 0.2) is 5.69 Å². The summed E-state index contributed by atoms with van der Waals surface area (Å²) in [6, 6.07) is 5.13. The van der Waals surface area contributed by atoms with Gasteiger partial charge in [0.2, 0.25) is 0 Å². The van der Waals surface area contributed by atoms with Crippen molar-refractivity contribution in [2.24, 2.45) is 0 Å². The number of aromatic carboxylic acids is 1. The molecule has 0 aliphatic heterocycles. The molecule has 0 amide bonds. The van der Waals surface area contributed by atoms with E-state index in [9.17, 15) is 9.18 Å². The van der Waals surface area contributed by atoms with Gasteiger partial charge in [-0.15, -0.1) is 0 Å². The average molecular weight is 206 g/mol. The van der Waals surface area contributed by atoms with E-state index in [0.717, 1.165) is 6.07 Å². The number of benzene rings is 1. The number of fused-ring (bicyclic) bond motifs is 1. The number of anilines is 1. The second kappa shape index (κ2) is 3.20. The number of nitrogens with zero attached hydrogens (tertiary/aromatic N) is 1. The lowest BCUT2D eigenvalue weighted by Gasteiger charge is -2.03. The fourth-order valence-corrected chi connectivity index (χ4v) is 1.34. The molecule has 1 aromatic heterocycles. The van der Waals surface area contributed by atoms with Gasteiger partial charge in [-0.05, 0) is 18.2 Å². The Morgan fingerprint density at radius 2 is 2.13 bits per heavy atom. The van der Waals surface area contributed by atoms with Crippen molar-refractivity contribution in [2.75, 3.05) is 5.73 Å². The zero-order valence-electron chi connectivity index (χ0n) is 7.57. The number of hydrogen-bond donors (Lipinski definition) is 2. The highest BCUT2D eigenvalue weighted by Gasteiger charge is 2.09. The molecule has 0 atom stereocenters. The molecule has 4 nitrogen and oxygen atoms in total. The van der Waals surface area contributed by atoms with Crippen LogP contribution in [0.25, 0.3) is 10.9 Å². The van der Waals surface area contributed by atoms with Gasteiger partial charge in [0.05, 0.1) is 5.52 Å². The number of aromatic nitrogens is 1. The first kappa shape index (κ1) is 9.39. The molecule has 1 aromatic carbocycles. The zero-order valence-corrected chi connectivity index (χ0v) is 7.57. The molecule has 0 aliphatic rings. The summed E-state index contributed by atoms with van der Waals surface area (Å²) in [6.45, 7) is 0. The summed E-state index contributed by atoms with van der Waals surface area (Å²) in [5.74, 6) is -1.66. The maximum atomic E-state index is 12.9. The van der Waals surface area contributed by atoms with E-state index in [2.05, 4.69) is 4.98 Å². The monoisotopic (exact) mass is 206 g/mol. The second-order valence-electron chi connectivity index (χ2n) is 3.06. The van der Waals surface area contributed by atoms with Crippen LogP contribution in [0.3, 0.4) is 0 Å². The first-order valence-electron chi connectivity index (χ1n) is 4.17. The van der Waals surface area contributed by atoms with Crippen LogP contribution >= 0.6 is 0 Å². The highest BCUT2D eigenvalue weighted by molar-refractivity contribution is 5.96. The van der Waals surface area contributed by atoms with Gasteiger partial charge in [-0.25, -0.2) is 14.2 Å². The van der Waals surface area contributed by atoms with Gasteiger partial charge in [-0.2, -0.15) is 0 Å². The van der Waals surface area contributed by atoms with Crippen molar-refractivity contribution in [1.29, 1.82) is 0 Å². The second-order valence-corrected chi connectivity index (χ2v) is 3.06. The summed E-state index contributed by atoms with van der Waals surface area (Å²) in [5, 5.41) is 9.27. The molecule has 2 aromatic rings. The van der Waals surface area contributed by atoms with Crippen LogP contribution in [0.4, 0.5) is 10.1 Å². The molecule has 5 heteroatoms. The predicted molar refractivity (Wildman–Crippen MR) is 53.1 cm³/mol. The van der Waals surface area contributed by atoms with Crippen molar-refractivity contribution in [1.82, 2.24) is 4.98 Å². The van der Waals surface area contributed by atoms with Gasteiger partial charge in [0, 0.05) is 17.1 Å². The standard InChI is InChI=1S/C10H7FN2O2/c11-5-1-2-6-7(12)4-9(10(14)15)13-8(6)3-5/h1-4H,(H2,12,13)(H,14,15). The maximum absolute atomic E-state index is 12.9. The molecule has 0 spiro atoms. The van der Waals surface area contributed by atoms with Gasteiger partial charge < -0.3 is 10.8 Å². The van der Waals surface area contributed by atoms with E-state index >= 15 is 0 Å². The van der Waals surface area contributed by atoms with Crippen LogP contribution in [-0.4, -0.2) is 16.1 Å². The van der Waals surface area contributed by atoms with Gasteiger partial charge in [0.1, 0.15) is 5.82 Å². The Morgan fingerprint density at radius 1 is 1.40 bits per heavy atom. The Morgan fingerprint density at radius 3 is 2.80 bits per heavy atom. The van der Waals surface area contributed by atoms with E-state index < -0.39 is 11.8 Å². The number of nitrogens with two attached hydrogens (primary N) is 1. The van der Waals surface area contributed by atoms with Crippen molar-refractivity contribution in [3.63, 3.8) is 0 Å². The smallest absolute Gasteiger partial charge is 0.354 e. The average Bonchev–Trinajstić information content (AvgIpc) is 2.16. The van der Waals surface area contributed by atoms with Crippen LogP contribution in [0.15, 0.2) is 24.3 Å². The van der Waals surface area contributed by atoms with Gasteiger partial charge in [-0.1, -0.05) is 0 Å². The van der Waals surface area contributed by atoms with Crippen molar-refractivity contribution in [3.8, 4) is 0 Å². The first-order valence-corrected chi connectivity index (χ1v) is 4.17. The van der Waals surface area contributed by atoms with E-state index in [-0.39, 0.29) is 16.9 Å². The number of carboxylic acid groups (broad SMARTS) is 1. The van der Waals surface area contributed by atoms with E-state index in [1.807, 2.05) is 0 Å². The summed E-state index contributed by atoms with van der Waals surface area (Å²) in [4.78, 5) is 14.4. The topological polar surface area (TPSA) is 76.2 Å². The Balaban J connectivity index is 2.79. The molecule has 0 saturated carbocycles. The van der Waals surface area contributed by atoms with Crippen molar-refractivity contribution in [3.05, 3.63) is 35.8 Å². The fraction of sp³-hybridized carbons (Fsp3) is 0. The molecule has 0 bridgehead atoms. The Kier molecular flexibility index (Phi) is 2.00. The number of carbonyl (C=O) groups is 1. The zero-order chi connectivity index (χ0) is 11.0. The van der Waals surface area contributed by atoms with Gasteiger partial charge in [-0.3, -0.25) is 0 Å². The molecule has 0 aliphatic carbocycles. The van der Waals surface area contributed by atoms with Crippen LogP contribution in [0.5, 0.6) is 0 Å². The lowest BCUT2D eigenvalue weighted by Crippen LogP contribution is -2.02. The van der Waals surface area contributed by atoms with E-state index in [1.165, 1.54) is 18.2 Å². The quantitative estimate of drug-likeness (QED) is 0.743. The number of nitrogen functional groups attached to an aromatic ring is 1. The number of hydrogen-bond acceptors (Lipinski definition) is 3. The molecule has 76 valence electrons. The Labute approximate surface area is 84.2 Å². The molecular formula is C10H7FN2O2. The summed E-state index contributed by atoms with van der Waals surface area (Å²) < 4.78 is 12.9. The van der Waals surface area contributed by atoms with Crippen LogP contribution in [-0.2, 0) is 0 Å². The molecule has 3 N–H and O–H groups in total. The molecule has 2 rings (SSSR count). The largest absolute Gasteiger partial charge is 0.477 e. The summed E-state index contributed by atoms with van der Waals surface area (Å²) in [5.41, 5.74) is 5.95. The summed E-state index contributed by atoms with van der Waals surface area (Å²) in [6.07, 6.45) is 0. The number of halogens is 1. The third kappa shape index (κ3) is 1.59. The molecular weight excluding hydrogens is 199 g/mol. The van der Waals surface area contributed by atoms with Crippen molar-refractivity contribution >= 4 is 22.6 Å². The normalized spacial score (nSPS) is 10.5. The third-order valence-electron chi connectivity index (χ3n) is 2.02. The SMILES string of the molecule is Nc1cc(C(=O)O)nc2cc(F)ccc12. The van der Waals surface area contributed by atoms with Crippen LogP contribution in [0.1, 0.15) is 10.5 Å². The maximum Gasteiger partial charge on any atom is 0.354 e. The lowest BCUT2D eigenvalue weighted by atomic mass is 10.1. The third-order valence-corrected chi connectivity index (χ3v) is 2.02. The van der Waals surface area contributed by atoms with Gasteiger partial charge >= 0.3 is 5.97 Å². The minimum Gasteiger partial charge on any atom is -0.477 e. The molecule has 0 radical (unpaired) electrons. The fourth-order valence-electron chi connectivity index (χ4n) is 1.34. The highest BCUT2D eigenvalue weighted by Crippen LogP contribution is 2.21. The minimum absolute atomic E-state index is 0.189. The molecule has 15 heavy (non-hydrogen) atoms. The Hall–Kier alpha value is -2.17. The summed E-state index contributed by atoms with van der Waals surface area (Å²) >= 11 is 0. The van der Waals surface area contributed by atoms with Crippen molar-refractivity contribution < 1.29 is 14.3 Å². The lowest BCUT2D eigenvalue weighted by molar-refractivity contribution is 0.0691. The predicted octanol–water partition coefficient (Wildman–Crippen LogP) is 1.65. The van der Waals surface area contributed by atoms with Crippen LogP contribution < -0.4 is 5.73 Å². The number of carboxylic acids is 1. The minimum atomic E-state index is -1.19. The number of pyridine rings is 1. The first-order chi connectivity index (χ1) is 7.08. The molecule has 0 saturated heterocycles. The van der Waals surface area contributed by atoms with E-state index in [4.69, 9.17) is 10.8 Å². The van der Waals surface area contributed by atoms with Crippen LogP contribution in [0, 0.1) is 5.82 Å². The van der Waals surface area contributed by atoms with E-state index in [0.29, 0.717) is 5.39 Å². The highest BCUT2D eigenvalue weighted by atomic mass is 19.1. The molecule has 0 unspecified atom stereocenters. The van der Waals surface area contributed by atoms with E-state index in [1.54, 1.807) is 0 Å². The van der Waals surface area contributed by atoms with Crippen LogP contribution in [0.2, 0.25) is 0 Å².